The predicted octanol–water partition coefficient (Wildman–Crippen LogP) is -2.18. The first kappa shape index (κ1) is 89.8. The monoisotopic (exact) mass is 1790 g/mol. The molecule has 52 heteroatoms. The molecular weight excluding hydrogens is 1690 g/mol. The minimum atomic E-state index is -4.43. The fourth-order valence-corrected chi connectivity index (χ4v) is 20.5. The van der Waals surface area contributed by atoms with E-state index in [-0.39, 0.29) is 101 Å². The van der Waals surface area contributed by atoms with Crippen LogP contribution in [-0.4, -0.2) is 368 Å². The lowest BCUT2D eigenvalue weighted by Crippen LogP contribution is -2.69. The number of carbonyl (C=O) groups is 8. The van der Waals surface area contributed by atoms with Crippen LogP contribution in [0.2, 0.25) is 0 Å². The van der Waals surface area contributed by atoms with Crippen LogP contribution in [0.25, 0.3) is 21.5 Å². The summed E-state index contributed by atoms with van der Waals surface area (Å²) in [6.45, 7) is 5.54. The van der Waals surface area contributed by atoms with Crippen LogP contribution in [0.5, 0.6) is 23.0 Å². The van der Waals surface area contributed by atoms with Crippen molar-refractivity contribution in [3.8, 4) is 23.0 Å². The van der Waals surface area contributed by atoms with Crippen molar-refractivity contribution in [2.24, 2.45) is 45.9 Å². The number of nitrogens with two attached hydrogens (primary N) is 8. The van der Waals surface area contributed by atoms with E-state index in [1.165, 1.54) is 78.4 Å². The van der Waals surface area contributed by atoms with Crippen LogP contribution >= 0.6 is 0 Å². The van der Waals surface area contributed by atoms with E-state index in [0.717, 1.165) is 0 Å². The van der Waals surface area contributed by atoms with Gasteiger partial charge in [-0.3, -0.25) is 96.6 Å². The molecule has 0 aliphatic carbocycles. The lowest BCUT2D eigenvalue weighted by molar-refractivity contribution is -0.0871. The van der Waals surface area contributed by atoms with E-state index >= 15 is 38.4 Å². The van der Waals surface area contributed by atoms with E-state index in [1.807, 2.05) is 0 Å². The summed E-state index contributed by atoms with van der Waals surface area (Å²) in [6.07, 6.45) is -5.96. The first-order chi connectivity index (χ1) is 57.6. The summed E-state index contributed by atoms with van der Waals surface area (Å²) >= 11 is 0. The summed E-state index contributed by atoms with van der Waals surface area (Å²) in [7, 11) is -17.7. The Bertz CT molecular complexity index is 4690. The standard InChI is InChI=1S/C62H72N16O24S4.4C2H8N2/c1-59-61(3)75-31-67-49-47-63(51(67)79)29-65-48-50-69(53(65)81)33-77-57(85)73-27-41-42(46(102-20-12-24-106(96,97)98)38-16-8-7-15-37(38)45(41)101-19-11-23-105(93,94)95)28-74-58(86)78(62(77,4)60(73,74)2)34-70(50)54(82)66(48)30-64(47)52(80)68(49)32-76(61)56(84)72(59)26-40-39(25-71(59)55(75)83)43(99-17-9-21-103(87,88)89)35-13-5-6-14-36(35)44(40)100-18-10-22-104(90,91)92;4*3-1-2-4/h5-8,13-16,47-50H,9-12,17-34H2,1-4H3,(H,87,88,89)(H,90,91,92)(H,93,94,95)(H,96,97,98);4*1-4H2. The number of urea groups is 8. The normalized spacial score (nSPS) is 25.6. The molecule has 0 unspecified atom stereocenters. The van der Waals surface area contributed by atoms with Crippen molar-refractivity contribution in [3.63, 3.8) is 0 Å². The third kappa shape index (κ3) is 14.7. The van der Waals surface area contributed by atoms with Gasteiger partial charge in [-0.15, -0.1) is 0 Å². The molecule has 13 aliphatic heterocycles. The SMILES string of the molecule is CC12N3Cc4c(c(OCCCS(=O)(=O)O)c5ccccc5c4OCCCS(=O)(=O)O)CN1C(=O)N1CN4C(=O)N5CN6C(=O)N7CN8C(=O)N9Cc%10c(c(OCCCS(=O)(=O)O)c%11ccccc%11c%10OCCCS(=O)(=O)O)CN%10C(=O)N(CN%11C(=O)N(CN%12C(=O)N(CN(C3=O)C12C)C4C%125)C6C%117)C8(C)C%109C.NCCN.NCCN.NCCN.NCCN. The summed E-state index contributed by atoms with van der Waals surface area (Å²) in [6, 6.07) is 7.64. The van der Waals surface area contributed by atoms with Gasteiger partial charge in [-0.05, 0) is 53.4 Å². The van der Waals surface area contributed by atoms with Crippen LogP contribution in [0.4, 0.5) is 38.4 Å². The number of benzene rings is 4. The first-order valence-electron chi connectivity index (χ1n) is 39.3. The highest BCUT2D eigenvalue weighted by atomic mass is 32.2. The van der Waals surface area contributed by atoms with Crippen LogP contribution in [0.15, 0.2) is 48.5 Å². The highest BCUT2D eigenvalue weighted by Crippen LogP contribution is 2.61. The van der Waals surface area contributed by atoms with Crippen LogP contribution in [0, 0.1) is 0 Å². The second-order valence-electron chi connectivity index (χ2n) is 31.2. The molecule has 13 heterocycles. The number of nitrogens with zero attached hydrogens (tertiary/aromatic N) is 16. The average Bonchev–Trinajstić information content (AvgIpc) is 1.49. The summed E-state index contributed by atoms with van der Waals surface area (Å²) in [5, 5.41) is 1.65. The second kappa shape index (κ2) is 33.6. The number of hydrogen-bond acceptors (Lipinski definition) is 28. The Hall–Kier alpha value is -9.92. The Balaban J connectivity index is 0.000000740. The Morgan fingerprint density at radius 2 is 0.467 bits per heavy atom. The fraction of sp³-hybridized carbons (Fsp3) is 0.600. The molecule has 122 heavy (non-hydrogen) atoms. The van der Waals surface area contributed by atoms with E-state index < -0.39 is 199 Å². The number of fused-ring (bicyclic) bond motifs is 4. The van der Waals surface area contributed by atoms with Gasteiger partial charge in [-0.2, -0.15) is 33.7 Å². The minimum Gasteiger partial charge on any atom is -0.493 e. The Labute approximate surface area is 702 Å². The van der Waals surface area contributed by atoms with Crippen molar-refractivity contribution < 1.29 is 109 Å². The molecule has 0 saturated carbocycles. The third-order valence-corrected chi connectivity index (χ3v) is 27.7. The molecule has 672 valence electrons. The van der Waals surface area contributed by atoms with Crippen molar-refractivity contribution in [1.82, 2.24) is 78.4 Å². The Morgan fingerprint density at radius 1 is 0.295 bits per heavy atom. The van der Waals surface area contributed by atoms with Crippen molar-refractivity contribution in [3.05, 3.63) is 70.8 Å². The molecule has 0 bridgehead atoms. The molecule has 17 rings (SSSR count). The highest BCUT2D eigenvalue weighted by molar-refractivity contribution is 7.86. The van der Waals surface area contributed by atoms with Crippen LogP contribution in [-0.2, 0) is 66.7 Å². The first-order valence-corrected chi connectivity index (χ1v) is 45.8. The molecule has 0 atom stereocenters. The fourth-order valence-electron chi connectivity index (χ4n) is 18.6. The van der Waals surface area contributed by atoms with Crippen LogP contribution in [0.3, 0.4) is 0 Å². The third-order valence-electron chi connectivity index (χ3n) is 24.4. The van der Waals surface area contributed by atoms with Gasteiger partial charge in [-0.25, -0.2) is 38.4 Å². The van der Waals surface area contributed by atoms with Crippen molar-refractivity contribution in [2.75, 3.05) is 142 Å². The summed E-state index contributed by atoms with van der Waals surface area (Å²) in [4.78, 5) is 148. The van der Waals surface area contributed by atoms with Gasteiger partial charge in [0, 0.05) is 96.2 Å². The van der Waals surface area contributed by atoms with Gasteiger partial charge in [0.25, 0.3) is 40.5 Å². The number of amides is 16. The Kier molecular flexibility index (Phi) is 24.8. The van der Waals surface area contributed by atoms with Crippen molar-refractivity contribution in [1.29, 1.82) is 0 Å². The molecule has 11 fully saturated rings. The smallest absolute Gasteiger partial charge is 0.326 e. The molecule has 48 nitrogen and oxygen atoms in total. The average molecular weight is 1790 g/mol. The highest BCUT2D eigenvalue weighted by Gasteiger charge is 2.80. The van der Waals surface area contributed by atoms with Gasteiger partial charge in [0.2, 0.25) is 0 Å². The van der Waals surface area contributed by atoms with Gasteiger partial charge in [0.15, 0.2) is 47.3 Å². The van der Waals surface area contributed by atoms with Gasteiger partial charge < -0.3 is 64.8 Å². The van der Waals surface area contributed by atoms with Crippen molar-refractivity contribution in [2.45, 2.75) is 127 Å². The largest absolute Gasteiger partial charge is 0.493 e. The van der Waals surface area contributed by atoms with Crippen LogP contribution < -0.4 is 64.8 Å². The maximum Gasteiger partial charge on any atom is 0.326 e. The topological polar surface area (TPSA) is 651 Å². The molecule has 11 saturated heterocycles. The van der Waals surface area contributed by atoms with Gasteiger partial charge in [-0.1, -0.05) is 48.5 Å². The maximum absolute atomic E-state index is 15.9. The van der Waals surface area contributed by atoms with Gasteiger partial charge in [0.1, 0.15) is 63.0 Å². The molecule has 0 spiro atoms. The zero-order valence-electron chi connectivity index (χ0n) is 67.5. The second-order valence-corrected chi connectivity index (χ2v) is 37.5. The number of ether oxygens (including phenoxy) is 4. The molecule has 13 aliphatic rings. The van der Waals surface area contributed by atoms with E-state index in [1.54, 1.807) is 76.2 Å². The van der Waals surface area contributed by atoms with Crippen LogP contribution in [0.1, 0.15) is 75.6 Å². The summed E-state index contributed by atoms with van der Waals surface area (Å²) in [5.74, 6) is -1.97. The zero-order valence-corrected chi connectivity index (χ0v) is 70.8. The number of hydrogen-bond donors (Lipinski definition) is 12. The molecule has 4 aromatic carbocycles. The van der Waals surface area contributed by atoms with E-state index in [0.29, 0.717) is 96.2 Å². The molecule has 4 aromatic rings. The zero-order chi connectivity index (χ0) is 88.8. The van der Waals surface area contributed by atoms with E-state index in [4.69, 9.17) is 64.8 Å². The lowest BCUT2D eigenvalue weighted by Gasteiger charge is -2.49. The number of rotatable bonds is 24. The minimum absolute atomic E-state index is 0.167. The lowest BCUT2D eigenvalue weighted by atomic mass is 9.95. The molecule has 16 amide bonds. The van der Waals surface area contributed by atoms with Gasteiger partial charge >= 0.3 is 48.2 Å². The Morgan fingerprint density at radius 3 is 0.639 bits per heavy atom. The number of carbonyl (C=O) groups excluding carboxylic acids is 8. The van der Waals surface area contributed by atoms with E-state index in [2.05, 4.69) is 0 Å². The van der Waals surface area contributed by atoms with Gasteiger partial charge in [0.05, 0.1) is 75.6 Å². The summed E-state index contributed by atoms with van der Waals surface area (Å²) in [5.41, 5.74) is 33.5. The summed E-state index contributed by atoms with van der Waals surface area (Å²) < 4.78 is 159. The molecular formula is C70H104N24O24S4. The molecule has 20 N–H and O–H groups in total. The van der Waals surface area contributed by atoms with Crippen molar-refractivity contribution >= 4 is 110 Å². The maximum atomic E-state index is 15.9. The van der Waals surface area contributed by atoms with E-state index in [9.17, 15) is 51.9 Å². The predicted molar refractivity (Wildman–Crippen MR) is 432 cm³/mol. The molecule has 0 radical (unpaired) electrons. The molecule has 0 aromatic heterocycles. The quantitative estimate of drug-likeness (QED) is 0.0262.